The summed E-state index contributed by atoms with van der Waals surface area (Å²) < 4.78 is 11.0. The standard InChI is InChI=1S/C27H26N4O3S/c1-18(32)30(2)16-19-6-8-21(9-7-19)24-17-35-27(28-24)31-25(26-5-4-14-34-26)15-23(29-31)20-10-12-22(33-3)13-11-20/h4-14,17,25H,15-16H2,1-3H3/t25-/m0/s1. The van der Waals surface area contributed by atoms with E-state index in [9.17, 15) is 4.79 Å². The van der Waals surface area contributed by atoms with Gasteiger partial charge in [0, 0.05) is 37.9 Å². The summed E-state index contributed by atoms with van der Waals surface area (Å²) in [6.45, 7) is 2.15. The summed E-state index contributed by atoms with van der Waals surface area (Å²) in [5.74, 6) is 1.72. The Morgan fingerprint density at radius 3 is 2.54 bits per heavy atom. The molecule has 0 fully saturated rings. The van der Waals surface area contributed by atoms with Gasteiger partial charge in [0.1, 0.15) is 17.6 Å². The molecular formula is C27H26N4O3S. The first-order chi connectivity index (χ1) is 17.0. The Morgan fingerprint density at radius 2 is 1.89 bits per heavy atom. The summed E-state index contributed by atoms with van der Waals surface area (Å²) >= 11 is 1.56. The molecule has 1 amide bonds. The fourth-order valence-electron chi connectivity index (χ4n) is 4.02. The van der Waals surface area contributed by atoms with E-state index in [1.54, 1.807) is 43.6 Å². The molecule has 1 atom stereocenters. The minimum absolute atomic E-state index is 0.0458. The van der Waals surface area contributed by atoms with Crippen LogP contribution in [-0.2, 0) is 11.3 Å². The third-order valence-electron chi connectivity index (χ3n) is 6.10. The lowest BCUT2D eigenvalue weighted by atomic mass is 10.0. The van der Waals surface area contributed by atoms with Gasteiger partial charge in [-0.25, -0.2) is 9.99 Å². The molecule has 7 nitrogen and oxygen atoms in total. The van der Waals surface area contributed by atoms with Gasteiger partial charge in [-0.3, -0.25) is 4.79 Å². The first-order valence-electron chi connectivity index (χ1n) is 11.3. The summed E-state index contributed by atoms with van der Waals surface area (Å²) in [4.78, 5) is 18.1. The summed E-state index contributed by atoms with van der Waals surface area (Å²) in [5.41, 5.74) is 5.02. The van der Waals surface area contributed by atoms with Gasteiger partial charge in [-0.1, -0.05) is 24.3 Å². The quantitative estimate of drug-likeness (QED) is 0.333. The fraction of sp³-hybridized carbons (Fsp3) is 0.222. The zero-order valence-electron chi connectivity index (χ0n) is 19.8. The number of benzene rings is 2. The van der Waals surface area contributed by atoms with Crippen LogP contribution in [0.25, 0.3) is 11.3 Å². The van der Waals surface area contributed by atoms with Gasteiger partial charge in [0.25, 0.3) is 0 Å². The number of furan rings is 1. The zero-order valence-corrected chi connectivity index (χ0v) is 20.7. The molecule has 178 valence electrons. The van der Waals surface area contributed by atoms with E-state index >= 15 is 0 Å². The van der Waals surface area contributed by atoms with Gasteiger partial charge in [0.15, 0.2) is 0 Å². The third kappa shape index (κ3) is 4.83. The zero-order chi connectivity index (χ0) is 24.4. The maximum atomic E-state index is 11.5. The summed E-state index contributed by atoms with van der Waals surface area (Å²) in [6, 6.07) is 19.9. The third-order valence-corrected chi connectivity index (χ3v) is 6.93. The highest BCUT2D eigenvalue weighted by Crippen LogP contribution is 2.39. The van der Waals surface area contributed by atoms with Crippen LogP contribution in [-0.4, -0.2) is 35.7 Å². The van der Waals surface area contributed by atoms with Gasteiger partial charge < -0.3 is 14.1 Å². The molecule has 0 unspecified atom stereocenters. The maximum absolute atomic E-state index is 11.5. The molecule has 2 aromatic heterocycles. The minimum atomic E-state index is -0.0643. The molecule has 4 aromatic rings. The predicted molar refractivity (Wildman–Crippen MR) is 138 cm³/mol. The van der Waals surface area contributed by atoms with Crippen molar-refractivity contribution >= 4 is 28.1 Å². The van der Waals surface area contributed by atoms with Gasteiger partial charge in [-0.15, -0.1) is 11.3 Å². The Hall–Kier alpha value is -3.91. The van der Waals surface area contributed by atoms with Crippen LogP contribution in [0.4, 0.5) is 5.13 Å². The Bertz CT molecular complexity index is 1330. The highest BCUT2D eigenvalue weighted by atomic mass is 32.1. The van der Waals surface area contributed by atoms with Crippen LogP contribution < -0.4 is 9.75 Å². The number of carbonyl (C=O) groups excluding carboxylic acids is 1. The molecule has 0 saturated heterocycles. The Balaban J connectivity index is 1.41. The molecule has 0 N–H and O–H groups in total. The van der Waals surface area contributed by atoms with Crippen LogP contribution in [0.3, 0.4) is 0 Å². The molecule has 1 aliphatic rings. The molecule has 0 bridgehead atoms. The average Bonchev–Trinajstić information content (AvgIpc) is 3.65. The summed E-state index contributed by atoms with van der Waals surface area (Å²) in [6.07, 6.45) is 2.41. The van der Waals surface area contributed by atoms with Gasteiger partial charge in [0.2, 0.25) is 11.0 Å². The number of thiazole rings is 1. The molecule has 0 spiro atoms. The monoisotopic (exact) mass is 486 g/mol. The normalized spacial score (nSPS) is 15.2. The second-order valence-corrected chi connectivity index (χ2v) is 9.28. The Morgan fingerprint density at radius 1 is 1.14 bits per heavy atom. The SMILES string of the molecule is COc1ccc(C2=NN(c3nc(-c4ccc(CN(C)C(C)=O)cc4)cs3)[C@H](c3ccco3)C2)cc1. The largest absolute Gasteiger partial charge is 0.497 e. The second kappa shape index (κ2) is 9.76. The van der Waals surface area contributed by atoms with Crippen LogP contribution in [0.15, 0.2) is 81.8 Å². The van der Waals surface area contributed by atoms with Crippen molar-refractivity contribution in [1.82, 2.24) is 9.88 Å². The maximum Gasteiger partial charge on any atom is 0.219 e. The van der Waals surface area contributed by atoms with Crippen molar-refractivity contribution in [2.24, 2.45) is 5.10 Å². The van der Waals surface area contributed by atoms with E-state index in [0.717, 1.165) is 44.7 Å². The number of anilines is 1. The van der Waals surface area contributed by atoms with Crippen molar-refractivity contribution in [3.05, 3.63) is 89.2 Å². The molecule has 0 radical (unpaired) electrons. The smallest absolute Gasteiger partial charge is 0.219 e. The lowest BCUT2D eigenvalue weighted by molar-refractivity contribution is -0.128. The van der Waals surface area contributed by atoms with E-state index in [-0.39, 0.29) is 11.9 Å². The molecule has 2 aromatic carbocycles. The van der Waals surface area contributed by atoms with Crippen molar-refractivity contribution in [2.75, 3.05) is 19.2 Å². The number of methoxy groups -OCH3 is 1. The van der Waals surface area contributed by atoms with Crippen molar-refractivity contribution in [2.45, 2.75) is 25.9 Å². The van der Waals surface area contributed by atoms with E-state index in [4.69, 9.17) is 19.2 Å². The van der Waals surface area contributed by atoms with E-state index in [1.165, 1.54) is 0 Å². The van der Waals surface area contributed by atoms with E-state index in [0.29, 0.717) is 13.0 Å². The van der Waals surface area contributed by atoms with Crippen LogP contribution in [0.5, 0.6) is 5.75 Å². The number of amides is 1. The highest BCUT2D eigenvalue weighted by molar-refractivity contribution is 7.14. The van der Waals surface area contributed by atoms with Crippen LogP contribution in [0.1, 0.15) is 36.3 Å². The molecular weight excluding hydrogens is 460 g/mol. The fourth-order valence-corrected chi connectivity index (χ4v) is 4.85. The minimum Gasteiger partial charge on any atom is -0.497 e. The first-order valence-corrected chi connectivity index (χ1v) is 12.2. The van der Waals surface area contributed by atoms with E-state index in [1.807, 2.05) is 71.1 Å². The van der Waals surface area contributed by atoms with Crippen LogP contribution >= 0.6 is 11.3 Å². The molecule has 0 saturated carbocycles. The van der Waals surface area contributed by atoms with Crippen LogP contribution in [0.2, 0.25) is 0 Å². The van der Waals surface area contributed by atoms with E-state index < -0.39 is 0 Å². The lowest BCUT2D eigenvalue weighted by Crippen LogP contribution is -2.22. The van der Waals surface area contributed by atoms with Crippen LogP contribution in [0, 0.1) is 0 Å². The van der Waals surface area contributed by atoms with Crippen molar-refractivity contribution in [1.29, 1.82) is 0 Å². The van der Waals surface area contributed by atoms with Gasteiger partial charge >= 0.3 is 0 Å². The van der Waals surface area contributed by atoms with Gasteiger partial charge in [-0.05, 0) is 47.5 Å². The number of hydrazone groups is 1. The number of aromatic nitrogens is 1. The number of ether oxygens (including phenoxy) is 1. The molecule has 3 heterocycles. The predicted octanol–water partition coefficient (Wildman–Crippen LogP) is 5.75. The van der Waals surface area contributed by atoms with E-state index in [2.05, 4.69) is 0 Å². The molecule has 0 aliphatic carbocycles. The number of carbonyl (C=O) groups is 1. The summed E-state index contributed by atoms with van der Waals surface area (Å²) in [5, 5.41) is 9.77. The average molecular weight is 487 g/mol. The van der Waals surface area contributed by atoms with Crippen molar-refractivity contribution in [3.63, 3.8) is 0 Å². The first kappa shape index (κ1) is 22.9. The number of rotatable bonds is 7. The number of hydrogen-bond acceptors (Lipinski definition) is 7. The lowest BCUT2D eigenvalue weighted by Gasteiger charge is -2.18. The molecule has 35 heavy (non-hydrogen) atoms. The Kier molecular flexibility index (Phi) is 6.37. The van der Waals surface area contributed by atoms with Gasteiger partial charge in [-0.2, -0.15) is 5.10 Å². The molecule has 1 aliphatic heterocycles. The molecule has 8 heteroatoms. The van der Waals surface area contributed by atoms with Crippen molar-refractivity contribution < 1.29 is 13.9 Å². The number of hydrogen-bond donors (Lipinski definition) is 0. The topological polar surface area (TPSA) is 71.2 Å². The van der Waals surface area contributed by atoms with Gasteiger partial charge in [0.05, 0.1) is 24.8 Å². The Labute approximate surface area is 208 Å². The summed E-state index contributed by atoms with van der Waals surface area (Å²) in [7, 11) is 3.46. The number of nitrogens with zero attached hydrogens (tertiary/aromatic N) is 4. The molecule has 5 rings (SSSR count). The van der Waals surface area contributed by atoms with Crippen molar-refractivity contribution in [3.8, 4) is 17.0 Å². The highest BCUT2D eigenvalue weighted by Gasteiger charge is 2.33. The second-order valence-electron chi connectivity index (χ2n) is 8.44.